The minimum Gasteiger partial charge on any atom is -0.461 e. The van der Waals surface area contributed by atoms with E-state index in [4.69, 9.17) is 4.74 Å². The number of ether oxygens (including phenoxy) is 1. The van der Waals surface area contributed by atoms with Crippen molar-refractivity contribution in [1.82, 2.24) is 4.90 Å². The van der Waals surface area contributed by atoms with Gasteiger partial charge in [0.25, 0.3) is 0 Å². The van der Waals surface area contributed by atoms with E-state index in [0.717, 1.165) is 25.2 Å². The third-order valence-corrected chi connectivity index (χ3v) is 2.82. The maximum absolute atomic E-state index is 11.7. The van der Waals surface area contributed by atoms with E-state index >= 15 is 0 Å². The van der Waals surface area contributed by atoms with Crippen LogP contribution in [0, 0.1) is 6.92 Å². The molecule has 0 saturated carbocycles. The molecule has 3 heteroatoms. The predicted molar refractivity (Wildman–Crippen MR) is 69.2 cm³/mol. The van der Waals surface area contributed by atoms with E-state index in [9.17, 15) is 4.79 Å². The highest BCUT2D eigenvalue weighted by Gasteiger charge is 2.07. The predicted octanol–water partition coefficient (Wildman–Crippen LogP) is 2.49. The maximum atomic E-state index is 11.7. The molecule has 94 valence electrons. The molecule has 0 aromatic heterocycles. The summed E-state index contributed by atoms with van der Waals surface area (Å²) in [5.41, 5.74) is 1.76. The molecule has 0 radical (unpaired) electrons. The van der Waals surface area contributed by atoms with Crippen molar-refractivity contribution in [1.29, 1.82) is 0 Å². The number of carbonyl (C=O) groups is 1. The second-order valence-corrected chi connectivity index (χ2v) is 4.03. The normalized spacial score (nSPS) is 10.6. The zero-order valence-electron chi connectivity index (χ0n) is 10.9. The van der Waals surface area contributed by atoms with Gasteiger partial charge in [-0.3, -0.25) is 0 Å². The van der Waals surface area contributed by atoms with Crippen LogP contribution in [-0.4, -0.2) is 37.1 Å². The van der Waals surface area contributed by atoms with Crippen LogP contribution in [0.3, 0.4) is 0 Å². The number of esters is 1. The molecule has 0 spiro atoms. The Morgan fingerprint density at radius 3 is 2.29 bits per heavy atom. The molecule has 1 aromatic carbocycles. The molecule has 0 saturated heterocycles. The largest absolute Gasteiger partial charge is 0.461 e. The van der Waals surface area contributed by atoms with Crippen LogP contribution >= 0.6 is 0 Å². The van der Waals surface area contributed by atoms with Gasteiger partial charge in [0.15, 0.2) is 0 Å². The van der Waals surface area contributed by atoms with Crippen LogP contribution in [-0.2, 0) is 4.74 Å². The molecule has 3 nitrogen and oxygen atoms in total. The van der Waals surface area contributed by atoms with E-state index in [2.05, 4.69) is 18.7 Å². The Hall–Kier alpha value is -1.35. The fourth-order valence-corrected chi connectivity index (χ4v) is 1.58. The van der Waals surface area contributed by atoms with Crippen molar-refractivity contribution in [2.45, 2.75) is 20.8 Å². The summed E-state index contributed by atoms with van der Waals surface area (Å²) in [6.45, 7) is 9.42. The third-order valence-electron chi connectivity index (χ3n) is 2.82. The number of carbonyl (C=O) groups excluding carboxylic acids is 1. The first-order valence-electron chi connectivity index (χ1n) is 6.13. The van der Waals surface area contributed by atoms with Gasteiger partial charge in [0.2, 0.25) is 0 Å². The monoisotopic (exact) mass is 235 g/mol. The van der Waals surface area contributed by atoms with Gasteiger partial charge in [0, 0.05) is 6.54 Å². The first-order valence-corrected chi connectivity index (χ1v) is 6.13. The number of hydrogen-bond donors (Lipinski definition) is 0. The second kappa shape index (κ2) is 7.07. The number of benzene rings is 1. The zero-order valence-corrected chi connectivity index (χ0v) is 10.9. The molecule has 1 aromatic rings. The lowest BCUT2D eigenvalue weighted by Gasteiger charge is -2.17. The maximum Gasteiger partial charge on any atom is 0.338 e. The summed E-state index contributed by atoms with van der Waals surface area (Å²) in [6.07, 6.45) is 0. The van der Waals surface area contributed by atoms with Gasteiger partial charge in [-0.05, 0) is 32.1 Å². The van der Waals surface area contributed by atoms with Crippen LogP contribution in [0.4, 0.5) is 0 Å². The van der Waals surface area contributed by atoms with Crippen molar-refractivity contribution >= 4 is 5.97 Å². The number of aryl methyl sites for hydroxylation is 1. The fourth-order valence-electron chi connectivity index (χ4n) is 1.58. The van der Waals surface area contributed by atoms with Gasteiger partial charge in [-0.15, -0.1) is 0 Å². The molecule has 0 fully saturated rings. The summed E-state index contributed by atoms with van der Waals surface area (Å²) in [7, 11) is 0. The Bertz CT molecular complexity index is 342. The van der Waals surface area contributed by atoms with Crippen molar-refractivity contribution in [3.05, 3.63) is 35.4 Å². The van der Waals surface area contributed by atoms with Gasteiger partial charge in [-0.2, -0.15) is 0 Å². The van der Waals surface area contributed by atoms with Gasteiger partial charge in [-0.25, -0.2) is 4.79 Å². The smallest absolute Gasteiger partial charge is 0.338 e. The Morgan fingerprint density at radius 1 is 1.18 bits per heavy atom. The van der Waals surface area contributed by atoms with E-state index in [1.54, 1.807) is 12.1 Å². The lowest BCUT2D eigenvalue weighted by molar-refractivity contribution is 0.0466. The Kier molecular flexibility index (Phi) is 5.70. The molecule has 0 N–H and O–H groups in total. The summed E-state index contributed by atoms with van der Waals surface area (Å²) in [6, 6.07) is 7.44. The first-order chi connectivity index (χ1) is 8.17. The number of likely N-dealkylation sites (N-methyl/N-ethyl adjacent to an activating group) is 1. The van der Waals surface area contributed by atoms with E-state index in [1.165, 1.54) is 0 Å². The van der Waals surface area contributed by atoms with Crippen LogP contribution < -0.4 is 0 Å². The lowest BCUT2D eigenvalue weighted by atomic mass is 10.1. The van der Waals surface area contributed by atoms with Gasteiger partial charge in [-0.1, -0.05) is 31.5 Å². The molecule has 0 unspecified atom stereocenters. The van der Waals surface area contributed by atoms with Crippen LogP contribution in [0.1, 0.15) is 29.8 Å². The van der Waals surface area contributed by atoms with E-state index in [-0.39, 0.29) is 5.97 Å². The van der Waals surface area contributed by atoms with Crippen LogP contribution in [0.15, 0.2) is 24.3 Å². The molecule has 17 heavy (non-hydrogen) atoms. The Morgan fingerprint density at radius 2 is 1.76 bits per heavy atom. The van der Waals surface area contributed by atoms with E-state index < -0.39 is 0 Å². The molecule has 1 rings (SSSR count). The molecule has 0 amide bonds. The summed E-state index contributed by atoms with van der Waals surface area (Å²) in [4.78, 5) is 13.9. The zero-order chi connectivity index (χ0) is 12.7. The molecule has 0 aliphatic rings. The number of nitrogens with zero attached hydrogens (tertiary/aromatic N) is 1. The van der Waals surface area contributed by atoms with Crippen molar-refractivity contribution in [2.24, 2.45) is 0 Å². The van der Waals surface area contributed by atoms with Crippen molar-refractivity contribution < 1.29 is 9.53 Å². The van der Waals surface area contributed by atoms with Gasteiger partial charge in [0.1, 0.15) is 6.61 Å². The van der Waals surface area contributed by atoms with Crippen LogP contribution in [0.2, 0.25) is 0 Å². The summed E-state index contributed by atoms with van der Waals surface area (Å²) < 4.78 is 5.22. The van der Waals surface area contributed by atoms with Crippen molar-refractivity contribution in [3.8, 4) is 0 Å². The van der Waals surface area contributed by atoms with E-state index in [0.29, 0.717) is 12.2 Å². The van der Waals surface area contributed by atoms with Gasteiger partial charge < -0.3 is 9.64 Å². The summed E-state index contributed by atoms with van der Waals surface area (Å²) >= 11 is 0. The third kappa shape index (κ3) is 4.57. The highest BCUT2D eigenvalue weighted by molar-refractivity contribution is 5.89. The summed E-state index contributed by atoms with van der Waals surface area (Å²) in [5, 5.41) is 0. The molecule has 0 heterocycles. The minimum atomic E-state index is -0.239. The number of rotatable bonds is 6. The highest BCUT2D eigenvalue weighted by atomic mass is 16.5. The molecular weight excluding hydrogens is 214 g/mol. The lowest BCUT2D eigenvalue weighted by Crippen LogP contribution is -2.27. The highest BCUT2D eigenvalue weighted by Crippen LogP contribution is 2.04. The minimum absolute atomic E-state index is 0.239. The standard InChI is InChI=1S/C14H21NO2/c1-4-15(5-2)10-11-17-14(16)13-8-6-12(3)7-9-13/h6-9H,4-5,10-11H2,1-3H3. The average molecular weight is 235 g/mol. The Balaban J connectivity index is 2.37. The fraction of sp³-hybridized carbons (Fsp3) is 0.500. The van der Waals surface area contributed by atoms with Crippen molar-refractivity contribution in [3.63, 3.8) is 0 Å². The Labute approximate surface area is 103 Å². The van der Waals surface area contributed by atoms with Crippen LogP contribution in [0.25, 0.3) is 0 Å². The average Bonchev–Trinajstić information content (AvgIpc) is 2.35. The summed E-state index contributed by atoms with van der Waals surface area (Å²) in [5.74, 6) is -0.239. The van der Waals surface area contributed by atoms with E-state index in [1.807, 2.05) is 19.1 Å². The molecule has 0 bridgehead atoms. The quantitative estimate of drug-likeness (QED) is 0.709. The molecule has 0 aliphatic carbocycles. The molecule has 0 atom stereocenters. The SMILES string of the molecule is CCN(CC)CCOC(=O)c1ccc(C)cc1. The van der Waals surface area contributed by atoms with Crippen molar-refractivity contribution in [2.75, 3.05) is 26.2 Å². The van der Waals surface area contributed by atoms with Gasteiger partial charge >= 0.3 is 5.97 Å². The topological polar surface area (TPSA) is 29.5 Å². The van der Waals surface area contributed by atoms with Gasteiger partial charge in [0.05, 0.1) is 5.56 Å². The second-order valence-electron chi connectivity index (χ2n) is 4.03. The molecule has 0 aliphatic heterocycles. The first kappa shape index (κ1) is 13.7. The van der Waals surface area contributed by atoms with Crippen LogP contribution in [0.5, 0.6) is 0 Å². The number of hydrogen-bond acceptors (Lipinski definition) is 3. The molecular formula is C14H21NO2.